The van der Waals surface area contributed by atoms with Gasteiger partial charge in [-0.15, -0.1) is 12.4 Å². The van der Waals surface area contributed by atoms with Crippen molar-refractivity contribution in [3.63, 3.8) is 0 Å². The van der Waals surface area contributed by atoms with Crippen LogP contribution in [0.3, 0.4) is 0 Å². The van der Waals surface area contributed by atoms with Crippen LogP contribution < -0.4 is 11.1 Å². The fourth-order valence-corrected chi connectivity index (χ4v) is 3.10. The van der Waals surface area contributed by atoms with Crippen LogP contribution in [-0.2, 0) is 6.42 Å². The third kappa shape index (κ3) is 2.32. The molecule has 1 aliphatic carbocycles. The van der Waals surface area contributed by atoms with Gasteiger partial charge in [0.2, 0.25) is 0 Å². The number of halogens is 1. The Morgan fingerprint density at radius 1 is 1.27 bits per heavy atom. The van der Waals surface area contributed by atoms with Gasteiger partial charge in [-0.1, -0.05) is 24.3 Å². The van der Waals surface area contributed by atoms with Crippen molar-refractivity contribution in [2.24, 2.45) is 5.73 Å². The zero-order valence-electron chi connectivity index (χ0n) is 12.2. The zero-order valence-corrected chi connectivity index (χ0v) is 13.0. The van der Waals surface area contributed by atoms with Gasteiger partial charge >= 0.3 is 0 Å². The molecule has 0 saturated heterocycles. The van der Waals surface area contributed by atoms with E-state index in [9.17, 15) is 0 Å². The molecule has 0 amide bonds. The smallest absolute Gasteiger partial charge is 0.157 e. The molecular weight excluding hydrogens is 298 g/mol. The lowest BCUT2D eigenvalue weighted by molar-refractivity contribution is 0.624. The Morgan fingerprint density at radius 3 is 2.91 bits per heavy atom. The molecule has 6 heteroatoms. The second-order valence-corrected chi connectivity index (χ2v) is 5.56. The molecule has 2 heterocycles. The van der Waals surface area contributed by atoms with Gasteiger partial charge in [0.05, 0.1) is 18.3 Å². The predicted molar refractivity (Wildman–Crippen MR) is 89.5 cm³/mol. The van der Waals surface area contributed by atoms with E-state index in [2.05, 4.69) is 33.6 Å². The number of hydrogen-bond acceptors (Lipinski definition) is 4. The van der Waals surface area contributed by atoms with Crippen LogP contribution in [0.5, 0.6) is 0 Å². The van der Waals surface area contributed by atoms with Crippen LogP contribution in [0.2, 0.25) is 0 Å². The molecule has 5 nitrogen and oxygen atoms in total. The Balaban J connectivity index is 0.00000144. The van der Waals surface area contributed by atoms with Crippen molar-refractivity contribution < 1.29 is 0 Å². The molecule has 1 aliphatic rings. The van der Waals surface area contributed by atoms with E-state index in [1.54, 1.807) is 6.20 Å². The molecule has 22 heavy (non-hydrogen) atoms. The highest BCUT2D eigenvalue weighted by atomic mass is 35.5. The third-order valence-electron chi connectivity index (χ3n) is 4.11. The number of nitrogens with two attached hydrogens (primary N) is 1. The highest BCUT2D eigenvalue weighted by Crippen LogP contribution is 2.31. The maximum Gasteiger partial charge on any atom is 0.157 e. The molecule has 0 saturated carbocycles. The van der Waals surface area contributed by atoms with Crippen LogP contribution >= 0.6 is 12.4 Å². The summed E-state index contributed by atoms with van der Waals surface area (Å²) in [5.74, 6) is 0.941. The van der Waals surface area contributed by atoms with Crippen LogP contribution in [0.4, 0.5) is 5.82 Å². The summed E-state index contributed by atoms with van der Waals surface area (Å²) in [6.07, 6.45) is 2.69. The highest BCUT2D eigenvalue weighted by molar-refractivity contribution is 5.85. The number of rotatable bonds is 2. The number of aryl methyl sites for hydroxylation is 1. The maximum absolute atomic E-state index is 6.39. The molecule has 0 spiro atoms. The average Bonchev–Trinajstić information content (AvgIpc) is 3.05. The lowest BCUT2D eigenvalue weighted by Gasteiger charge is -2.20. The average molecular weight is 316 g/mol. The normalized spacial score (nSPS) is 19.7. The van der Waals surface area contributed by atoms with E-state index in [-0.39, 0.29) is 24.5 Å². The van der Waals surface area contributed by atoms with E-state index < -0.39 is 0 Å². The molecule has 1 aromatic carbocycles. The van der Waals surface area contributed by atoms with E-state index in [0.717, 1.165) is 23.6 Å². The molecule has 3 aromatic rings. The molecule has 4 rings (SSSR count). The summed E-state index contributed by atoms with van der Waals surface area (Å²) in [6.45, 7) is 1.99. The van der Waals surface area contributed by atoms with Crippen molar-refractivity contribution in [3.8, 4) is 0 Å². The second-order valence-electron chi connectivity index (χ2n) is 5.56. The van der Waals surface area contributed by atoms with Gasteiger partial charge in [0.1, 0.15) is 5.82 Å². The predicted octanol–water partition coefficient (Wildman–Crippen LogP) is 2.50. The van der Waals surface area contributed by atoms with Crippen molar-refractivity contribution in [1.29, 1.82) is 0 Å². The molecule has 0 unspecified atom stereocenters. The van der Waals surface area contributed by atoms with Gasteiger partial charge in [0, 0.05) is 17.8 Å². The van der Waals surface area contributed by atoms with Gasteiger partial charge in [0.25, 0.3) is 0 Å². The number of nitrogens with one attached hydrogen (secondary N) is 1. The molecule has 3 N–H and O–H groups in total. The molecule has 0 bridgehead atoms. The monoisotopic (exact) mass is 315 g/mol. The molecule has 0 fully saturated rings. The first-order chi connectivity index (χ1) is 10.2. The Morgan fingerprint density at radius 2 is 2.09 bits per heavy atom. The lowest BCUT2D eigenvalue weighted by atomic mass is 10.1. The number of anilines is 1. The first-order valence-electron chi connectivity index (χ1n) is 7.14. The first-order valence-corrected chi connectivity index (χ1v) is 7.14. The number of nitrogens with zero attached hydrogens (tertiary/aromatic N) is 3. The number of fused-ring (bicyclic) bond motifs is 2. The van der Waals surface area contributed by atoms with Crippen LogP contribution in [0, 0.1) is 6.92 Å². The zero-order chi connectivity index (χ0) is 14.4. The molecule has 2 atom stereocenters. The van der Waals surface area contributed by atoms with Gasteiger partial charge < -0.3 is 11.1 Å². The summed E-state index contributed by atoms with van der Waals surface area (Å²) in [6, 6.07) is 12.5. The molecule has 2 aromatic heterocycles. The second kappa shape index (κ2) is 5.59. The van der Waals surface area contributed by atoms with Crippen LogP contribution in [0.25, 0.3) is 5.65 Å². The van der Waals surface area contributed by atoms with E-state index in [0.29, 0.717) is 0 Å². The standard InChI is InChI=1S/C16H17N5.ClH/c1-10-8-15(21-14(19-10)6-7-18-21)20-13-9-11-4-2-3-5-12(11)16(13)17;/h2-8,13,16,20H,9,17H2,1H3;1H/t13-,16-;/m0./s1. The topological polar surface area (TPSA) is 68.2 Å². The molecule has 114 valence electrons. The van der Waals surface area contributed by atoms with Gasteiger partial charge in [-0.2, -0.15) is 9.61 Å². The SMILES string of the molecule is Cc1cc(N[C@H]2Cc3ccccc3[C@@H]2N)n2nccc2n1.Cl. The van der Waals surface area contributed by atoms with E-state index >= 15 is 0 Å². The quantitative estimate of drug-likeness (QED) is 0.762. The first kappa shape index (κ1) is 14.8. The van der Waals surface area contributed by atoms with Gasteiger partial charge in [-0.05, 0) is 24.5 Å². The number of aromatic nitrogens is 3. The Kier molecular flexibility index (Phi) is 3.76. The number of hydrogen-bond donors (Lipinski definition) is 2. The van der Waals surface area contributed by atoms with Crippen LogP contribution in [-0.4, -0.2) is 20.6 Å². The highest BCUT2D eigenvalue weighted by Gasteiger charge is 2.29. The minimum absolute atomic E-state index is 0. The summed E-state index contributed by atoms with van der Waals surface area (Å²) in [7, 11) is 0. The summed E-state index contributed by atoms with van der Waals surface area (Å²) in [4.78, 5) is 4.46. The van der Waals surface area contributed by atoms with Gasteiger partial charge in [-0.25, -0.2) is 4.98 Å². The van der Waals surface area contributed by atoms with E-state index in [1.165, 1.54) is 11.1 Å². The Labute approximate surface area is 135 Å². The van der Waals surface area contributed by atoms with E-state index in [4.69, 9.17) is 5.73 Å². The minimum Gasteiger partial charge on any atom is -0.365 e. The summed E-state index contributed by atoms with van der Waals surface area (Å²) in [5.41, 5.74) is 10.8. The van der Waals surface area contributed by atoms with Crippen molar-refractivity contribution in [2.45, 2.75) is 25.4 Å². The van der Waals surface area contributed by atoms with Crippen LogP contribution in [0.15, 0.2) is 42.6 Å². The van der Waals surface area contributed by atoms with Crippen LogP contribution in [0.1, 0.15) is 22.9 Å². The summed E-state index contributed by atoms with van der Waals surface area (Å²) < 4.78 is 1.82. The lowest BCUT2D eigenvalue weighted by Crippen LogP contribution is -2.30. The van der Waals surface area contributed by atoms with E-state index in [1.807, 2.05) is 29.6 Å². The van der Waals surface area contributed by atoms with Gasteiger partial charge in [-0.3, -0.25) is 0 Å². The van der Waals surface area contributed by atoms with Crippen molar-refractivity contribution >= 4 is 23.9 Å². The fourth-order valence-electron chi connectivity index (χ4n) is 3.10. The van der Waals surface area contributed by atoms with Gasteiger partial charge in [0.15, 0.2) is 5.65 Å². The molecular formula is C16H18ClN5. The maximum atomic E-state index is 6.39. The minimum atomic E-state index is 0. The third-order valence-corrected chi connectivity index (χ3v) is 4.11. The fraction of sp³-hybridized carbons (Fsp3) is 0.250. The largest absolute Gasteiger partial charge is 0.365 e. The summed E-state index contributed by atoms with van der Waals surface area (Å²) in [5, 5.41) is 7.87. The van der Waals surface area contributed by atoms with Crippen molar-refractivity contribution in [2.75, 3.05) is 5.32 Å². The Bertz CT molecular complexity index is 813. The molecule has 0 radical (unpaired) electrons. The van der Waals surface area contributed by atoms with Crippen molar-refractivity contribution in [3.05, 3.63) is 59.4 Å². The Hall–Kier alpha value is -2.11. The number of benzene rings is 1. The molecule has 0 aliphatic heterocycles. The summed E-state index contributed by atoms with van der Waals surface area (Å²) >= 11 is 0. The van der Waals surface area contributed by atoms with Crippen molar-refractivity contribution in [1.82, 2.24) is 14.6 Å².